The van der Waals surface area contributed by atoms with Gasteiger partial charge in [0.15, 0.2) is 0 Å². The summed E-state index contributed by atoms with van der Waals surface area (Å²) in [5.74, 6) is -2.53. The van der Waals surface area contributed by atoms with E-state index in [1.165, 1.54) is 43.5 Å². The van der Waals surface area contributed by atoms with Gasteiger partial charge in [0.1, 0.15) is 11.3 Å². The molecule has 6 nitrogen and oxygen atoms in total. The van der Waals surface area contributed by atoms with Gasteiger partial charge in [-0.15, -0.1) is 0 Å². The predicted molar refractivity (Wildman–Crippen MR) is 83.8 cm³/mol. The van der Waals surface area contributed by atoms with Crippen LogP contribution in [0.3, 0.4) is 0 Å². The van der Waals surface area contributed by atoms with Crippen LogP contribution in [0.1, 0.15) is 31.1 Å². The molecule has 0 spiro atoms. The van der Waals surface area contributed by atoms with Crippen molar-refractivity contribution in [3.63, 3.8) is 0 Å². The molecule has 23 heavy (non-hydrogen) atoms. The maximum atomic E-state index is 12.1. The summed E-state index contributed by atoms with van der Waals surface area (Å²) in [6.07, 6.45) is 0. The van der Waals surface area contributed by atoms with Crippen molar-refractivity contribution in [1.82, 2.24) is 0 Å². The van der Waals surface area contributed by atoms with Gasteiger partial charge < -0.3 is 14.6 Å². The zero-order valence-electron chi connectivity index (χ0n) is 11.9. The molecule has 0 aromatic heterocycles. The predicted octanol–water partition coefficient (Wildman–Crippen LogP) is 3.15. The van der Waals surface area contributed by atoms with Crippen LogP contribution in [-0.2, 0) is 4.74 Å². The van der Waals surface area contributed by atoms with Gasteiger partial charge in [0.2, 0.25) is 0 Å². The van der Waals surface area contributed by atoms with Crippen molar-refractivity contribution < 1.29 is 29.0 Å². The molecule has 0 unspecified atom stereocenters. The molecular formula is C16H11BrO6. The van der Waals surface area contributed by atoms with E-state index in [0.29, 0.717) is 10.0 Å². The molecule has 0 amide bonds. The van der Waals surface area contributed by atoms with Gasteiger partial charge in [-0.3, -0.25) is 0 Å². The maximum absolute atomic E-state index is 12.1. The molecule has 2 aromatic rings. The highest BCUT2D eigenvalue weighted by atomic mass is 79.9. The van der Waals surface area contributed by atoms with Crippen molar-refractivity contribution >= 4 is 33.8 Å². The molecule has 0 heterocycles. The van der Waals surface area contributed by atoms with Gasteiger partial charge in [-0.2, -0.15) is 0 Å². The second-order valence-corrected chi connectivity index (χ2v) is 5.32. The molecule has 1 N–H and O–H groups in total. The van der Waals surface area contributed by atoms with Gasteiger partial charge >= 0.3 is 17.9 Å². The lowest BCUT2D eigenvalue weighted by molar-refractivity contribution is 0.0597. The number of ether oxygens (including phenoxy) is 2. The summed E-state index contributed by atoms with van der Waals surface area (Å²) >= 11 is 3.16. The topological polar surface area (TPSA) is 89.9 Å². The first kappa shape index (κ1) is 16.7. The van der Waals surface area contributed by atoms with Crippen LogP contribution in [0.2, 0.25) is 0 Å². The van der Waals surface area contributed by atoms with E-state index < -0.39 is 17.9 Å². The number of aromatic carboxylic acids is 1. The van der Waals surface area contributed by atoms with E-state index in [1.807, 2.05) is 0 Å². The van der Waals surface area contributed by atoms with Gasteiger partial charge in [0, 0.05) is 4.47 Å². The van der Waals surface area contributed by atoms with E-state index in [9.17, 15) is 14.4 Å². The summed E-state index contributed by atoms with van der Waals surface area (Å²) in [6.45, 7) is 0. The van der Waals surface area contributed by atoms with Crippen LogP contribution in [0, 0.1) is 0 Å². The lowest BCUT2D eigenvalue weighted by atomic mass is 10.1. The van der Waals surface area contributed by atoms with Gasteiger partial charge in [-0.25, -0.2) is 14.4 Å². The number of esters is 2. The minimum absolute atomic E-state index is 0.0669. The molecule has 0 saturated carbocycles. The van der Waals surface area contributed by atoms with Crippen molar-refractivity contribution in [1.29, 1.82) is 0 Å². The second kappa shape index (κ2) is 7.06. The SMILES string of the molecule is COC(=O)c1ccc(C(=O)Oc2ccc(Br)cc2C(=O)O)cc1. The molecule has 118 valence electrons. The standard InChI is InChI=1S/C16H11BrO6/c1-22-15(20)9-2-4-10(5-3-9)16(21)23-13-7-6-11(17)8-12(13)14(18)19/h2-8H,1H3,(H,18,19). The Kier molecular flexibility index (Phi) is 5.13. The Morgan fingerprint density at radius 1 is 0.957 bits per heavy atom. The molecule has 0 aliphatic rings. The number of methoxy groups -OCH3 is 1. The third-order valence-corrected chi connectivity index (χ3v) is 3.41. The van der Waals surface area contributed by atoms with Gasteiger partial charge in [-0.1, -0.05) is 15.9 Å². The first-order valence-electron chi connectivity index (χ1n) is 6.35. The quantitative estimate of drug-likeness (QED) is 0.649. The molecule has 0 atom stereocenters. The van der Waals surface area contributed by atoms with Crippen molar-refractivity contribution in [3.8, 4) is 5.75 Å². The lowest BCUT2D eigenvalue weighted by Crippen LogP contribution is -2.12. The number of carboxylic acid groups (broad SMARTS) is 1. The van der Waals surface area contributed by atoms with Gasteiger partial charge in [0.25, 0.3) is 0 Å². The Bertz CT molecular complexity index is 767. The van der Waals surface area contributed by atoms with E-state index in [0.717, 1.165) is 0 Å². The third kappa shape index (κ3) is 3.95. The maximum Gasteiger partial charge on any atom is 0.343 e. The highest BCUT2D eigenvalue weighted by Gasteiger charge is 2.17. The fourth-order valence-corrected chi connectivity index (χ4v) is 2.14. The molecule has 2 aromatic carbocycles. The van der Waals surface area contributed by atoms with Gasteiger partial charge in [0.05, 0.1) is 18.2 Å². The Morgan fingerprint density at radius 2 is 1.52 bits per heavy atom. The molecule has 0 fully saturated rings. The highest BCUT2D eigenvalue weighted by Crippen LogP contribution is 2.24. The fraction of sp³-hybridized carbons (Fsp3) is 0.0625. The van der Waals surface area contributed by atoms with Crippen LogP contribution < -0.4 is 4.74 Å². The summed E-state index contributed by atoms with van der Waals surface area (Å²) < 4.78 is 10.2. The molecule has 0 saturated heterocycles. The molecule has 2 rings (SSSR count). The number of hydrogen-bond acceptors (Lipinski definition) is 5. The highest BCUT2D eigenvalue weighted by molar-refractivity contribution is 9.10. The average Bonchev–Trinajstić information content (AvgIpc) is 2.55. The Morgan fingerprint density at radius 3 is 2.04 bits per heavy atom. The van der Waals surface area contributed by atoms with E-state index >= 15 is 0 Å². The summed E-state index contributed by atoms with van der Waals surface area (Å²) in [7, 11) is 1.26. The zero-order chi connectivity index (χ0) is 17.0. The first-order valence-corrected chi connectivity index (χ1v) is 7.15. The second-order valence-electron chi connectivity index (χ2n) is 4.40. The van der Waals surface area contributed by atoms with E-state index in [4.69, 9.17) is 9.84 Å². The van der Waals surface area contributed by atoms with Crippen LogP contribution in [0.4, 0.5) is 0 Å². The Labute approximate surface area is 139 Å². The lowest BCUT2D eigenvalue weighted by Gasteiger charge is -2.08. The minimum atomic E-state index is -1.21. The van der Waals surface area contributed by atoms with Gasteiger partial charge in [-0.05, 0) is 42.5 Å². The van der Waals surface area contributed by atoms with Crippen molar-refractivity contribution in [2.45, 2.75) is 0 Å². The Hall–Kier alpha value is -2.67. The van der Waals surface area contributed by atoms with Crippen LogP contribution in [0.5, 0.6) is 5.75 Å². The summed E-state index contributed by atoms with van der Waals surface area (Å²) in [6, 6.07) is 9.92. The zero-order valence-corrected chi connectivity index (χ0v) is 13.5. The number of hydrogen-bond donors (Lipinski definition) is 1. The molecular weight excluding hydrogens is 368 g/mol. The average molecular weight is 379 g/mol. The first-order chi connectivity index (χ1) is 10.9. The number of benzene rings is 2. The smallest absolute Gasteiger partial charge is 0.343 e. The molecule has 0 aliphatic carbocycles. The normalized spacial score (nSPS) is 10.0. The van der Waals surface area contributed by atoms with E-state index in [1.54, 1.807) is 6.07 Å². The summed E-state index contributed by atoms with van der Waals surface area (Å²) in [5, 5.41) is 9.13. The molecule has 0 bridgehead atoms. The van der Waals surface area contributed by atoms with Crippen molar-refractivity contribution in [2.75, 3.05) is 7.11 Å². The minimum Gasteiger partial charge on any atom is -0.478 e. The van der Waals surface area contributed by atoms with E-state index in [2.05, 4.69) is 20.7 Å². The van der Waals surface area contributed by atoms with Crippen LogP contribution in [0.25, 0.3) is 0 Å². The van der Waals surface area contributed by atoms with Crippen LogP contribution in [0.15, 0.2) is 46.9 Å². The van der Waals surface area contributed by atoms with Crippen molar-refractivity contribution in [2.24, 2.45) is 0 Å². The number of carbonyl (C=O) groups excluding carboxylic acids is 2. The van der Waals surface area contributed by atoms with E-state index in [-0.39, 0.29) is 16.9 Å². The molecule has 0 aliphatic heterocycles. The monoisotopic (exact) mass is 378 g/mol. The Balaban J connectivity index is 2.22. The molecule has 7 heteroatoms. The third-order valence-electron chi connectivity index (χ3n) is 2.92. The largest absolute Gasteiger partial charge is 0.478 e. The molecule has 0 radical (unpaired) electrons. The van der Waals surface area contributed by atoms with Crippen LogP contribution in [-0.4, -0.2) is 30.1 Å². The van der Waals surface area contributed by atoms with Crippen LogP contribution >= 0.6 is 15.9 Å². The number of rotatable bonds is 4. The fourth-order valence-electron chi connectivity index (χ4n) is 1.78. The number of halogens is 1. The number of carboxylic acids is 1. The summed E-state index contributed by atoms with van der Waals surface area (Å²) in [4.78, 5) is 34.6. The van der Waals surface area contributed by atoms with Crippen molar-refractivity contribution in [3.05, 3.63) is 63.6 Å². The summed E-state index contributed by atoms with van der Waals surface area (Å²) in [5.41, 5.74) is 0.328. The number of carbonyl (C=O) groups is 3.